The number of anilines is 2. The molecule has 1 N–H and O–H groups in total. The van der Waals surface area contributed by atoms with Gasteiger partial charge in [-0.25, -0.2) is 8.42 Å². The second-order valence-electron chi connectivity index (χ2n) is 5.96. The predicted molar refractivity (Wildman–Crippen MR) is 108 cm³/mol. The van der Waals surface area contributed by atoms with E-state index < -0.39 is 9.84 Å². The molecule has 0 spiro atoms. The van der Waals surface area contributed by atoms with Gasteiger partial charge in [-0.1, -0.05) is 48.0 Å². The molecule has 4 rings (SSSR count). The SMILES string of the molecule is O=S(=O)(c1ccccc1)c1cnc2ccccc2c1Nc1ccc(Cl)cc1. The predicted octanol–water partition coefficient (Wildman–Crippen LogP) is 5.46. The normalized spacial score (nSPS) is 11.4. The molecule has 0 aliphatic carbocycles. The van der Waals surface area contributed by atoms with Crippen LogP contribution in [0.1, 0.15) is 0 Å². The monoisotopic (exact) mass is 394 g/mol. The van der Waals surface area contributed by atoms with Crippen molar-refractivity contribution >= 4 is 43.7 Å². The van der Waals surface area contributed by atoms with Gasteiger partial charge in [-0.2, -0.15) is 0 Å². The van der Waals surface area contributed by atoms with Gasteiger partial charge in [0.25, 0.3) is 0 Å². The molecule has 0 bridgehead atoms. The fourth-order valence-electron chi connectivity index (χ4n) is 2.86. The van der Waals surface area contributed by atoms with Crippen molar-refractivity contribution in [2.75, 3.05) is 5.32 Å². The maximum absolute atomic E-state index is 13.2. The molecular formula is C21H15ClN2O2S. The minimum Gasteiger partial charge on any atom is -0.354 e. The molecule has 27 heavy (non-hydrogen) atoms. The van der Waals surface area contributed by atoms with Crippen LogP contribution in [-0.4, -0.2) is 13.4 Å². The van der Waals surface area contributed by atoms with E-state index in [0.29, 0.717) is 16.2 Å². The highest BCUT2D eigenvalue weighted by Gasteiger charge is 2.23. The van der Waals surface area contributed by atoms with Gasteiger partial charge in [-0.15, -0.1) is 0 Å². The van der Waals surface area contributed by atoms with Gasteiger partial charge < -0.3 is 5.32 Å². The lowest BCUT2D eigenvalue weighted by atomic mass is 10.2. The summed E-state index contributed by atoms with van der Waals surface area (Å²) in [7, 11) is -3.74. The largest absolute Gasteiger partial charge is 0.354 e. The first-order chi connectivity index (χ1) is 13.1. The van der Waals surface area contributed by atoms with Crippen LogP contribution < -0.4 is 5.32 Å². The van der Waals surface area contributed by atoms with E-state index in [1.807, 2.05) is 24.3 Å². The molecule has 0 aliphatic heterocycles. The van der Waals surface area contributed by atoms with Crippen molar-refractivity contribution < 1.29 is 8.42 Å². The third kappa shape index (κ3) is 3.39. The number of hydrogen-bond donors (Lipinski definition) is 1. The lowest BCUT2D eigenvalue weighted by molar-refractivity contribution is 0.596. The molecule has 0 atom stereocenters. The zero-order valence-corrected chi connectivity index (χ0v) is 15.7. The maximum atomic E-state index is 13.2. The zero-order chi connectivity index (χ0) is 18.9. The van der Waals surface area contributed by atoms with Gasteiger partial charge >= 0.3 is 0 Å². The van der Waals surface area contributed by atoms with Crippen LogP contribution in [0.2, 0.25) is 5.02 Å². The van der Waals surface area contributed by atoms with E-state index in [-0.39, 0.29) is 9.79 Å². The molecule has 1 heterocycles. The number of aromatic nitrogens is 1. The van der Waals surface area contributed by atoms with Crippen LogP contribution in [-0.2, 0) is 9.84 Å². The van der Waals surface area contributed by atoms with Crippen molar-refractivity contribution in [3.05, 3.63) is 90.1 Å². The highest BCUT2D eigenvalue weighted by molar-refractivity contribution is 7.91. The first kappa shape index (κ1) is 17.5. The molecule has 0 unspecified atom stereocenters. The summed E-state index contributed by atoms with van der Waals surface area (Å²) in [5.41, 5.74) is 1.94. The first-order valence-corrected chi connectivity index (χ1v) is 10.1. The Balaban J connectivity index is 1.94. The van der Waals surface area contributed by atoms with Crippen LogP contribution in [0.5, 0.6) is 0 Å². The number of nitrogens with one attached hydrogen (secondary N) is 1. The zero-order valence-electron chi connectivity index (χ0n) is 14.1. The van der Waals surface area contributed by atoms with Crippen molar-refractivity contribution in [1.29, 1.82) is 0 Å². The summed E-state index contributed by atoms with van der Waals surface area (Å²) >= 11 is 5.96. The number of rotatable bonds is 4. The topological polar surface area (TPSA) is 59.1 Å². The van der Waals surface area contributed by atoms with E-state index in [0.717, 1.165) is 11.1 Å². The van der Waals surface area contributed by atoms with Crippen LogP contribution in [0.3, 0.4) is 0 Å². The van der Waals surface area contributed by atoms with Gasteiger partial charge in [0.1, 0.15) is 4.90 Å². The third-order valence-corrected chi connectivity index (χ3v) is 6.23. The Bertz CT molecular complexity index is 1210. The fourth-order valence-corrected chi connectivity index (χ4v) is 4.38. The number of para-hydroxylation sites is 1. The van der Waals surface area contributed by atoms with Crippen molar-refractivity contribution in [1.82, 2.24) is 4.98 Å². The number of fused-ring (bicyclic) bond motifs is 1. The third-order valence-electron chi connectivity index (χ3n) is 4.20. The highest BCUT2D eigenvalue weighted by atomic mass is 35.5. The molecule has 0 saturated carbocycles. The van der Waals surface area contributed by atoms with Crippen LogP contribution in [0.25, 0.3) is 10.9 Å². The maximum Gasteiger partial charge on any atom is 0.210 e. The number of sulfone groups is 1. The molecule has 0 saturated heterocycles. The second-order valence-corrected chi connectivity index (χ2v) is 8.32. The molecule has 4 aromatic rings. The van der Waals surface area contributed by atoms with Crippen molar-refractivity contribution in [2.45, 2.75) is 9.79 Å². The standard InChI is InChI=1S/C21H15ClN2O2S/c22-15-10-12-16(13-11-15)24-21-18-8-4-5-9-19(18)23-14-20(21)27(25,26)17-6-2-1-3-7-17/h1-14H,(H,23,24). The van der Waals surface area contributed by atoms with E-state index >= 15 is 0 Å². The Morgan fingerprint density at radius 2 is 1.48 bits per heavy atom. The number of hydrogen-bond acceptors (Lipinski definition) is 4. The Kier molecular flexibility index (Phi) is 4.56. The molecule has 0 fully saturated rings. The van der Waals surface area contributed by atoms with E-state index in [9.17, 15) is 8.42 Å². The molecule has 0 aliphatic rings. The smallest absolute Gasteiger partial charge is 0.210 e. The van der Waals surface area contributed by atoms with Gasteiger partial charge in [0.05, 0.1) is 16.1 Å². The van der Waals surface area contributed by atoms with Gasteiger partial charge in [0, 0.05) is 22.3 Å². The molecule has 0 radical (unpaired) electrons. The summed E-state index contributed by atoms with van der Waals surface area (Å²) in [6.45, 7) is 0. The molecule has 134 valence electrons. The second kappa shape index (κ2) is 7.02. The Labute approximate surface area is 162 Å². The highest BCUT2D eigenvalue weighted by Crippen LogP contribution is 2.35. The van der Waals surface area contributed by atoms with E-state index in [1.54, 1.807) is 54.6 Å². The fraction of sp³-hybridized carbons (Fsp3) is 0. The number of benzene rings is 3. The quantitative estimate of drug-likeness (QED) is 0.499. The lowest BCUT2D eigenvalue weighted by Gasteiger charge is -2.15. The summed E-state index contributed by atoms with van der Waals surface area (Å²) in [6.07, 6.45) is 1.41. The van der Waals surface area contributed by atoms with Crippen LogP contribution in [0, 0.1) is 0 Å². The average Bonchev–Trinajstić information content (AvgIpc) is 2.70. The van der Waals surface area contributed by atoms with Crippen molar-refractivity contribution in [3.63, 3.8) is 0 Å². The summed E-state index contributed by atoms with van der Waals surface area (Å²) in [5, 5.41) is 4.58. The summed E-state index contributed by atoms with van der Waals surface area (Å²) in [5.74, 6) is 0. The van der Waals surface area contributed by atoms with Gasteiger partial charge in [-0.05, 0) is 42.5 Å². The number of pyridine rings is 1. The van der Waals surface area contributed by atoms with Gasteiger partial charge in [0.2, 0.25) is 9.84 Å². The van der Waals surface area contributed by atoms with Crippen molar-refractivity contribution in [2.24, 2.45) is 0 Å². The first-order valence-electron chi connectivity index (χ1n) is 8.26. The Morgan fingerprint density at radius 1 is 0.815 bits per heavy atom. The summed E-state index contributed by atoms with van der Waals surface area (Å²) in [4.78, 5) is 4.70. The van der Waals surface area contributed by atoms with Crippen LogP contribution in [0.4, 0.5) is 11.4 Å². The van der Waals surface area contributed by atoms with E-state index in [4.69, 9.17) is 11.6 Å². The molecule has 1 aromatic heterocycles. The molecule has 6 heteroatoms. The number of nitrogens with zero attached hydrogens (tertiary/aromatic N) is 1. The Hall–Kier alpha value is -2.89. The molecule has 3 aromatic carbocycles. The van der Waals surface area contributed by atoms with Crippen LogP contribution >= 0.6 is 11.6 Å². The van der Waals surface area contributed by atoms with Crippen molar-refractivity contribution in [3.8, 4) is 0 Å². The summed E-state index contributed by atoms with van der Waals surface area (Å²) < 4.78 is 26.5. The lowest BCUT2D eigenvalue weighted by Crippen LogP contribution is -2.07. The van der Waals surface area contributed by atoms with Gasteiger partial charge in [0.15, 0.2) is 0 Å². The van der Waals surface area contributed by atoms with E-state index in [2.05, 4.69) is 10.3 Å². The minimum absolute atomic E-state index is 0.127. The minimum atomic E-state index is -3.74. The van der Waals surface area contributed by atoms with Gasteiger partial charge in [-0.3, -0.25) is 4.98 Å². The molecule has 4 nitrogen and oxygen atoms in total. The molecular weight excluding hydrogens is 380 g/mol. The van der Waals surface area contributed by atoms with Crippen LogP contribution in [0.15, 0.2) is 94.9 Å². The number of halogens is 1. The van der Waals surface area contributed by atoms with E-state index in [1.165, 1.54) is 6.20 Å². The summed E-state index contributed by atoms with van der Waals surface area (Å²) in [6, 6.07) is 22.9. The Morgan fingerprint density at radius 3 is 2.22 bits per heavy atom. The molecule has 0 amide bonds. The average molecular weight is 395 g/mol.